The number of anilines is 1. The van der Waals surface area contributed by atoms with Crippen molar-refractivity contribution in [2.24, 2.45) is 0 Å². The molecule has 0 unspecified atom stereocenters. The number of nitrogens with one attached hydrogen (secondary N) is 1. The number of aryl methyl sites for hydroxylation is 1. The Morgan fingerprint density at radius 1 is 1.58 bits per heavy atom. The third-order valence-corrected chi connectivity index (χ3v) is 2.37. The summed E-state index contributed by atoms with van der Waals surface area (Å²) in [5, 5.41) is 2.84. The van der Waals surface area contributed by atoms with Gasteiger partial charge in [-0.3, -0.25) is 4.79 Å². The number of aromatic nitrogens is 1. The zero-order valence-corrected chi connectivity index (χ0v) is 8.10. The van der Waals surface area contributed by atoms with Gasteiger partial charge in [0, 0.05) is 23.6 Å². The van der Waals surface area contributed by atoms with Gasteiger partial charge < -0.3 is 9.88 Å². The molecule has 3 nitrogen and oxygen atoms in total. The van der Waals surface area contributed by atoms with Gasteiger partial charge in [-0.2, -0.15) is 0 Å². The van der Waals surface area contributed by atoms with Crippen LogP contribution in [0.25, 0.3) is 0 Å². The van der Waals surface area contributed by atoms with Gasteiger partial charge in [0.15, 0.2) is 0 Å². The smallest absolute Gasteiger partial charge is 0.225 e. The van der Waals surface area contributed by atoms with Crippen LogP contribution in [0, 0.1) is 0 Å². The maximum atomic E-state index is 11.1. The molecule has 0 saturated carbocycles. The molecule has 0 bridgehead atoms. The fourth-order valence-corrected chi connectivity index (χ4v) is 1.84. The molecule has 1 N–H and O–H groups in total. The van der Waals surface area contributed by atoms with E-state index in [4.69, 9.17) is 0 Å². The number of fused-ring (bicyclic) bond motifs is 1. The number of carbonyl (C=O) groups is 1. The third-order valence-electron chi connectivity index (χ3n) is 1.93. The first kappa shape index (κ1) is 7.86. The highest BCUT2D eigenvalue weighted by Gasteiger charge is 2.12. The average molecular weight is 229 g/mol. The molecular formula is C8H9BrN2O. The topological polar surface area (TPSA) is 34.0 Å². The fraction of sp³-hybridized carbons (Fsp3) is 0.375. The number of carbonyl (C=O) groups excluding carboxylic acids is 1. The highest BCUT2D eigenvalue weighted by molar-refractivity contribution is 9.10. The Labute approximate surface area is 78.9 Å². The van der Waals surface area contributed by atoms with Crippen LogP contribution in [0.15, 0.2) is 16.7 Å². The van der Waals surface area contributed by atoms with Gasteiger partial charge in [0.1, 0.15) is 5.82 Å². The lowest BCUT2D eigenvalue weighted by molar-refractivity contribution is -0.116. The summed E-state index contributed by atoms with van der Waals surface area (Å²) >= 11 is 3.37. The summed E-state index contributed by atoms with van der Waals surface area (Å²) < 4.78 is 3.06. The van der Waals surface area contributed by atoms with Gasteiger partial charge in [0.05, 0.1) is 0 Å². The van der Waals surface area contributed by atoms with Crippen LogP contribution in [-0.2, 0) is 11.3 Å². The molecular weight excluding hydrogens is 220 g/mol. The minimum absolute atomic E-state index is 0.111. The van der Waals surface area contributed by atoms with Gasteiger partial charge in [-0.15, -0.1) is 0 Å². The predicted molar refractivity (Wildman–Crippen MR) is 50.0 cm³/mol. The van der Waals surface area contributed by atoms with Crippen molar-refractivity contribution < 1.29 is 4.79 Å². The monoisotopic (exact) mass is 228 g/mol. The molecule has 1 aliphatic rings. The average Bonchev–Trinajstić information content (AvgIpc) is 2.23. The summed E-state index contributed by atoms with van der Waals surface area (Å²) in [6.45, 7) is 0.916. The lowest BCUT2D eigenvalue weighted by Crippen LogP contribution is -2.09. The van der Waals surface area contributed by atoms with E-state index in [-0.39, 0.29) is 5.91 Å². The van der Waals surface area contributed by atoms with Crippen molar-refractivity contribution >= 4 is 27.7 Å². The van der Waals surface area contributed by atoms with Crippen molar-refractivity contribution in [1.82, 2.24) is 4.57 Å². The van der Waals surface area contributed by atoms with Crippen LogP contribution in [0.5, 0.6) is 0 Å². The van der Waals surface area contributed by atoms with Gasteiger partial charge >= 0.3 is 0 Å². The second-order valence-corrected chi connectivity index (χ2v) is 3.80. The highest BCUT2D eigenvalue weighted by atomic mass is 79.9. The number of halogens is 1. The lowest BCUT2D eigenvalue weighted by atomic mass is 10.3. The van der Waals surface area contributed by atoms with E-state index in [0.29, 0.717) is 6.42 Å². The van der Waals surface area contributed by atoms with E-state index in [1.54, 1.807) is 0 Å². The van der Waals surface area contributed by atoms with Gasteiger partial charge in [-0.1, -0.05) is 0 Å². The first-order valence-electron chi connectivity index (χ1n) is 3.91. The molecule has 0 fully saturated rings. The molecule has 0 atom stereocenters. The molecule has 0 saturated heterocycles. The van der Waals surface area contributed by atoms with Crippen LogP contribution < -0.4 is 5.32 Å². The summed E-state index contributed by atoms with van der Waals surface area (Å²) in [6.07, 6.45) is 3.53. The number of hydrogen-bond acceptors (Lipinski definition) is 1. The number of amides is 1. The first-order valence-corrected chi connectivity index (χ1v) is 4.70. The van der Waals surface area contributed by atoms with E-state index >= 15 is 0 Å². The van der Waals surface area contributed by atoms with E-state index in [1.807, 2.05) is 12.3 Å². The van der Waals surface area contributed by atoms with Gasteiger partial charge in [-0.25, -0.2) is 0 Å². The van der Waals surface area contributed by atoms with Crippen molar-refractivity contribution in [3.63, 3.8) is 0 Å². The van der Waals surface area contributed by atoms with Crippen LogP contribution in [0.1, 0.15) is 12.8 Å². The van der Waals surface area contributed by atoms with Crippen molar-refractivity contribution in [2.45, 2.75) is 19.4 Å². The molecule has 12 heavy (non-hydrogen) atoms. The fourth-order valence-electron chi connectivity index (χ4n) is 1.38. The van der Waals surface area contributed by atoms with E-state index in [1.165, 1.54) is 0 Å². The molecule has 1 aliphatic heterocycles. The Bertz CT molecular complexity index is 319. The van der Waals surface area contributed by atoms with Crippen LogP contribution in [0.3, 0.4) is 0 Å². The molecule has 64 valence electrons. The van der Waals surface area contributed by atoms with E-state index < -0.39 is 0 Å². The summed E-state index contributed by atoms with van der Waals surface area (Å²) in [7, 11) is 0. The Kier molecular flexibility index (Phi) is 1.92. The van der Waals surface area contributed by atoms with Crippen LogP contribution in [0.2, 0.25) is 0 Å². The largest absolute Gasteiger partial charge is 0.333 e. The molecule has 2 heterocycles. The van der Waals surface area contributed by atoms with Gasteiger partial charge in [0.2, 0.25) is 5.91 Å². The second-order valence-electron chi connectivity index (χ2n) is 2.89. The molecule has 2 rings (SSSR count). The summed E-state index contributed by atoms with van der Waals surface area (Å²) in [5.41, 5.74) is 0. The standard InChI is InChI=1S/C8H9BrN2O/c9-6-4-7-10-8(12)2-1-3-11(7)5-6/h4-5H,1-3H2,(H,10,12). The lowest BCUT2D eigenvalue weighted by Gasteiger charge is -2.01. The quantitative estimate of drug-likeness (QED) is 0.725. The number of nitrogens with zero attached hydrogens (tertiary/aromatic N) is 1. The summed E-state index contributed by atoms with van der Waals surface area (Å²) in [4.78, 5) is 11.1. The SMILES string of the molecule is O=C1CCCn2cc(Br)cc2N1. The van der Waals surface area contributed by atoms with Gasteiger partial charge in [0.25, 0.3) is 0 Å². The molecule has 0 spiro atoms. The van der Waals surface area contributed by atoms with Crippen molar-refractivity contribution in [3.05, 3.63) is 16.7 Å². The maximum Gasteiger partial charge on any atom is 0.225 e. The Morgan fingerprint density at radius 2 is 2.42 bits per heavy atom. The van der Waals surface area contributed by atoms with E-state index in [0.717, 1.165) is 23.3 Å². The third kappa shape index (κ3) is 1.39. The number of hydrogen-bond donors (Lipinski definition) is 1. The zero-order chi connectivity index (χ0) is 8.55. The second kappa shape index (κ2) is 2.94. The molecule has 0 radical (unpaired) electrons. The van der Waals surface area contributed by atoms with Crippen molar-refractivity contribution in [3.8, 4) is 0 Å². The Balaban J connectivity index is 2.36. The van der Waals surface area contributed by atoms with Crippen molar-refractivity contribution in [2.75, 3.05) is 5.32 Å². The maximum absolute atomic E-state index is 11.1. The van der Waals surface area contributed by atoms with Gasteiger partial charge in [-0.05, 0) is 28.4 Å². The molecule has 1 amide bonds. The van der Waals surface area contributed by atoms with E-state index in [2.05, 4.69) is 25.8 Å². The van der Waals surface area contributed by atoms with Crippen LogP contribution >= 0.6 is 15.9 Å². The van der Waals surface area contributed by atoms with E-state index in [9.17, 15) is 4.79 Å². The Hall–Kier alpha value is -0.770. The summed E-state index contributed by atoms with van der Waals surface area (Å²) in [6, 6.07) is 1.92. The predicted octanol–water partition coefficient (Wildman–Crippen LogP) is 1.98. The Morgan fingerprint density at radius 3 is 3.25 bits per heavy atom. The summed E-state index contributed by atoms with van der Waals surface area (Å²) in [5.74, 6) is 1.00. The van der Waals surface area contributed by atoms with Crippen molar-refractivity contribution in [1.29, 1.82) is 0 Å². The molecule has 0 aliphatic carbocycles. The minimum Gasteiger partial charge on any atom is -0.333 e. The number of rotatable bonds is 0. The minimum atomic E-state index is 0.111. The molecule has 1 aromatic rings. The first-order chi connectivity index (χ1) is 5.75. The molecule has 0 aromatic carbocycles. The molecule has 4 heteroatoms. The molecule has 1 aromatic heterocycles. The highest BCUT2D eigenvalue weighted by Crippen LogP contribution is 2.22. The van der Waals surface area contributed by atoms with Crippen LogP contribution in [-0.4, -0.2) is 10.5 Å². The zero-order valence-electron chi connectivity index (χ0n) is 6.51. The normalized spacial score (nSPS) is 16.6. The van der Waals surface area contributed by atoms with Crippen LogP contribution in [0.4, 0.5) is 5.82 Å².